The second kappa shape index (κ2) is 5.85. The lowest BCUT2D eigenvalue weighted by Gasteiger charge is -2.21. The molecule has 2 amide bonds. The van der Waals surface area contributed by atoms with Crippen molar-refractivity contribution in [2.45, 2.75) is 19.8 Å². The number of hydrogen-bond acceptors (Lipinski definition) is 3. The van der Waals surface area contributed by atoms with Crippen molar-refractivity contribution in [1.29, 1.82) is 0 Å². The van der Waals surface area contributed by atoms with Gasteiger partial charge in [0.25, 0.3) is 0 Å². The predicted octanol–water partition coefficient (Wildman–Crippen LogP) is 1.61. The number of hydrogen-bond donors (Lipinski definition) is 2. The Bertz CT molecular complexity index is 558. The van der Waals surface area contributed by atoms with Crippen molar-refractivity contribution in [2.24, 2.45) is 11.8 Å². The van der Waals surface area contributed by atoms with Crippen molar-refractivity contribution >= 4 is 23.2 Å². The molecule has 0 saturated carbocycles. The molecular weight excluding hydrogens is 266 g/mol. The van der Waals surface area contributed by atoms with Gasteiger partial charge < -0.3 is 15.5 Å². The molecule has 5 nitrogen and oxygen atoms in total. The first-order valence-electron chi connectivity index (χ1n) is 7.58. The molecule has 2 aliphatic rings. The summed E-state index contributed by atoms with van der Waals surface area (Å²) < 4.78 is 0. The van der Waals surface area contributed by atoms with E-state index in [1.165, 1.54) is 0 Å². The van der Waals surface area contributed by atoms with Gasteiger partial charge in [-0.25, -0.2) is 0 Å². The van der Waals surface area contributed by atoms with Crippen LogP contribution in [0, 0.1) is 11.8 Å². The number of anilines is 2. The molecule has 3 rings (SSSR count). The minimum Gasteiger partial charge on any atom is -0.324 e. The average molecular weight is 287 g/mol. The van der Waals surface area contributed by atoms with Crippen molar-refractivity contribution in [1.82, 2.24) is 5.32 Å². The number of rotatable bonds is 3. The molecule has 0 bridgehead atoms. The van der Waals surface area contributed by atoms with Crippen LogP contribution in [0.4, 0.5) is 11.4 Å². The smallest absolute Gasteiger partial charge is 0.229 e. The summed E-state index contributed by atoms with van der Waals surface area (Å²) in [6, 6.07) is 7.55. The first-order valence-corrected chi connectivity index (χ1v) is 7.58. The highest BCUT2D eigenvalue weighted by Crippen LogP contribution is 2.30. The minimum atomic E-state index is -0.00710. The molecule has 2 atom stereocenters. The van der Waals surface area contributed by atoms with Gasteiger partial charge in [0.15, 0.2) is 0 Å². The largest absolute Gasteiger partial charge is 0.324 e. The van der Waals surface area contributed by atoms with Crippen LogP contribution in [0.15, 0.2) is 24.3 Å². The highest BCUT2D eigenvalue weighted by molar-refractivity contribution is 6.02. The molecule has 5 heteroatoms. The summed E-state index contributed by atoms with van der Waals surface area (Å²) in [5.74, 6) is 0.497. The molecule has 1 aromatic rings. The van der Waals surface area contributed by atoms with Crippen LogP contribution >= 0.6 is 0 Å². The van der Waals surface area contributed by atoms with Crippen molar-refractivity contribution in [3.63, 3.8) is 0 Å². The van der Waals surface area contributed by atoms with Crippen LogP contribution < -0.4 is 15.5 Å². The monoisotopic (exact) mass is 287 g/mol. The third-order valence-corrected chi connectivity index (χ3v) is 4.38. The second-order valence-corrected chi connectivity index (χ2v) is 5.90. The standard InChI is InChI=1S/C16H21N3O2/c1-11-9-17-10-12(11)16(21)18-13-5-2-3-6-14(13)19-8-4-7-15(19)20/h2-3,5-6,11-12,17H,4,7-10H2,1H3,(H,18,21). The van der Waals surface area contributed by atoms with Gasteiger partial charge in [0.05, 0.1) is 17.3 Å². The molecule has 2 heterocycles. The minimum absolute atomic E-state index is 0.00710. The summed E-state index contributed by atoms with van der Waals surface area (Å²) >= 11 is 0. The number of benzene rings is 1. The van der Waals surface area contributed by atoms with Gasteiger partial charge in [-0.1, -0.05) is 19.1 Å². The molecule has 2 fully saturated rings. The van der Waals surface area contributed by atoms with Gasteiger partial charge in [-0.3, -0.25) is 9.59 Å². The molecule has 0 aromatic heterocycles. The zero-order valence-electron chi connectivity index (χ0n) is 12.3. The molecule has 0 radical (unpaired) electrons. The Morgan fingerprint density at radius 2 is 2.14 bits per heavy atom. The normalized spacial score (nSPS) is 25.4. The highest BCUT2D eigenvalue weighted by atomic mass is 16.2. The lowest BCUT2D eigenvalue weighted by molar-refractivity contribution is -0.120. The Morgan fingerprint density at radius 3 is 2.81 bits per heavy atom. The number of nitrogens with one attached hydrogen (secondary N) is 2. The van der Waals surface area contributed by atoms with Gasteiger partial charge in [-0.05, 0) is 31.0 Å². The van der Waals surface area contributed by atoms with E-state index < -0.39 is 0 Å². The fraction of sp³-hybridized carbons (Fsp3) is 0.500. The summed E-state index contributed by atoms with van der Waals surface area (Å²) in [5, 5.41) is 6.25. The van der Waals surface area contributed by atoms with Gasteiger partial charge in [-0.15, -0.1) is 0 Å². The van der Waals surface area contributed by atoms with E-state index in [0.29, 0.717) is 12.3 Å². The second-order valence-electron chi connectivity index (χ2n) is 5.90. The zero-order valence-corrected chi connectivity index (χ0v) is 12.3. The molecular formula is C16H21N3O2. The van der Waals surface area contributed by atoms with E-state index >= 15 is 0 Å². The predicted molar refractivity (Wildman–Crippen MR) is 82.2 cm³/mol. The Hall–Kier alpha value is -1.88. The summed E-state index contributed by atoms with van der Waals surface area (Å²) in [7, 11) is 0. The van der Waals surface area contributed by atoms with Crippen LogP contribution in [0.25, 0.3) is 0 Å². The van der Waals surface area contributed by atoms with Crippen LogP contribution in [0.2, 0.25) is 0 Å². The van der Waals surface area contributed by atoms with Crippen molar-refractivity contribution in [3.05, 3.63) is 24.3 Å². The van der Waals surface area contributed by atoms with E-state index in [-0.39, 0.29) is 17.7 Å². The van der Waals surface area contributed by atoms with Crippen LogP contribution in [0.1, 0.15) is 19.8 Å². The van der Waals surface area contributed by atoms with Gasteiger partial charge in [0.1, 0.15) is 0 Å². The topological polar surface area (TPSA) is 61.4 Å². The number of nitrogens with zero attached hydrogens (tertiary/aromatic N) is 1. The number of carbonyl (C=O) groups excluding carboxylic acids is 2. The fourth-order valence-electron chi connectivity index (χ4n) is 3.10. The first-order chi connectivity index (χ1) is 10.2. The fourth-order valence-corrected chi connectivity index (χ4v) is 3.10. The summed E-state index contributed by atoms with van der Waals surface area (Å²) in [5.41, 5.74) is 1.55. The van der Waals surface area contributed by atoms with Crippen LogP contribution in [0.3, 0.4) is 0 Å². The maximum absolute atomic E-state index is 12.4. The number of carbonyl (C=O) groups is 2. The Balaban J connectivity index is 1.79. The zero-order chi connectivity index (χ0) is 14.8. The van der Waals surface area contributed by atoms with Crippen LogP contribution in [0.5, 0.6) is 0 Å². The molecule has 2 unspecified atom stereocenters. The van der Waals surface area contributed by atoms with Gasteiger partial charge in [0.2, 0.25) is 11.8 Å². The lowest BCUT2D eigenvalue weighted by Crippen LogP contribution is -2.30. The van der Waals surface area contributed by atoms with E-state index in [0.717, 1.165) is 37.4 Å². The molecule has 0 spiro atoms. The van der Waals surface area contributed by atoms with Gasteiger partial charge in [0, 0.05) is 19.5 Å². The van der Waals surface area contributed by atoms with E-state index in [4.69, 9.17) is 0 Å². The molecule has 2 saturated heterocycles. The third-order valence-electron chi connectivity index (χ3n) is 4.38. The third kappa shape index (κ3) is 2.78. The maximum Gasteiger partial charge on any atom is 0.229 e. The Labute approximate surface area is 124 Å². The summed E-state index contributed by atoms with van der Waals surface area (Å²) in [4.78, 5) is 26.1. The molecule has 2 aliphatic heterocycles. The van der Waals surface area contributed by atoms with E-state index in [9.17, 15) is 9.59 Å². The molecule has 2 N–H and O–H groups in total. The van der Waals surface area contributed by atoms with E-state index in [1.54, 1.807) is 4.90 Å². The first kappa shape index (κ1) is 14.1. The average Bonchev–Trinajstić information content (AvgIpc) is 3.08. The maximum atomic E-state index is 12.4. The van der Waals surface area contributed by atoms with Crippen molar-refractivity contribution in [2.75, 3.05) is 29.9 Å². The number of para-hydroxylation sites is 2. The van der Waals surface area contributed by atoms with Crippen LogP contribution in [-0.2, 0) is 9.59 Å². The van der Waals surface area contributed by atoms with Gasteiger partial charge in [-0.2, -0.15) is 0 Å². The molecule has 21 heavy (non-hydrogen) atoms. The summed E-state index contributed by atoms with van der Waals surface area (Å²) in [6.07, 6.45) is 1.47. The quantitative estimate of drug-likeness (QED) is 0.888. The molecule has 1 aromatic carbocycles. The van der Waals surface area contributed by atoms with Crippen LogP contribution in [-0.4, -0.2) is 31.4 Å². The van der Waals surface area contributed by atoms with Crippen molar-refractivity contribution in [3.8, 4) is 0 Å². The van der Waals surface area contributed by atoms with E-state index in [1.807, 2.05) is 24.3 Å². The lowest BCUT2D eigenvalue weighted by atomic mass is 9.97. The highest BCUT2D eigenvalue weighted by Gasteiger charge is 2.30. The number of amides is 2. The molecule has 112 valence electrons. The SMILES string of the molecule is CC1CNCC1C(=O)Nc1ccccc1N1CCCC1=O. The Kier molecular flexibility index (Phi) is 3.92. The Morgan fingerprint density at radius 1 is 1.33 bits per heavy atom. The van der Waals surface area contributed by atoms with Crippen molar-refractivity contribution < 1.29 is 9.59 Å². The molecule has 0 aliphatic carbocycles. The van der Waals surface area contributed by atoms with Gasteiger partial charge >= 0.3 is 0 Å². The summed E-state index contributed by atoms with van der Waals surface area (Å²) in [6.45, 7) is 4.41. The van der Waals surface area contributed by atoms with E-state index in [2.05, 4.69) is 17.6 Å².